The molecule has 0 N–H and O–H groups in total. The molecule has 3 aromatic rings. The zero-order chi connectivity index (χ0) is 11.5. The molecular weight excluding hydrogens is 208 g/mol. The molecule has 0 fully saturated rings. The summed E-state index contributed by atoms with van der Waals surface area (Å²) in [5.74, 6) is 0.851. The van der Waals surface area contributed by atoms with E-state index in [0.29, 0.717) is 0 Å². The lowest BCUT2D eigenvalue weighted by Crippen LogP contribution is -1.72. The van der Waals surface area contributed by atoms with Gasteiger partial charge < -0.3 is 4.42 Å². The molecule has 1 heteroatoms. The highest BCUT2D eigenvalue weighted by atomic mass is 16.3. The standard InChI is InChI=1S/C16H11O/c1-3-7-13(8-4-1)15-11-16(17-12-15)14-9-5-2-6-10-14/h1-11H. The van der Waals surface area contributed by atoms with Gasteiger partial charge in [-0.05, 0) is 11.6 Å². The number of rotatable bonds is 2. The van der Waals surface area contributed by atoms with Crippen molar-refractivity contribution in [1.29, 1.82) is 0 Å². The van der Waals surface area contributed by atoms with Crippen molar-refractivity contribution in [3.05, 3.63) is 73.0 Å². The van der Waals surface area contributed by atoms with Crippen LogP contribution in [0.25, 0.3) is 22.5 Å². The van der Waals surface area contributed by atoms with Gasteiger partial charge in [-0.25, -0.2) is 0 Å². The Morgan fingerprint density at radius 2 is 1.29 bits per heavy atom. The highest BCUT2D eigenvalue weighted by Crippen LogP contribution is 2.27. The summed E-state index contributed by atoms with van der Waals surface area (Å²) in [7, 11) is 0. The van der Waals surface area contributed by atoms with Crippen molar-refractivity contribution in [2.24, 2.45) is 0 Å². The van der Waals surface area contributed by atoms with Gasteiger partial charge in [0.15, 0.2) is 6.26 Å². The first-order valence-corrected chi connectivity index (χ1v) is 5.56. The molecule has 1 heterocycles. The minimum atomic E-state index is 0.851. The van der Waals surface area contributed by atoms with Crippen LogP contribution in [0.3, 0.4) is 0 Å². The van der Waals surface area contributed by atoms with Crippen LogP contribution in [0.15, 0.2) is 71.1 Å². The van der Waals surface area contributed by atoms with Gasteiger partial charge in [-0.15, -0.1) is 0 Å². The summed E-state index contributed by atoms with van der Waals surface area (Å²) in [6.45, 7) is 0. The van der Waals surface area contributed by atoms with E-state index in [1.807, 2.05) is 54.6 Å². The largest absolute Gasteiger partial charge is 0.452 e. The smallest absolute Gasteiger partial charge is 0.178 e. The van der Waals surface area contributed by atoms with Gasteiger partial charge >= 0.3 is 0 Å². The topological polar surface area (TPSA) is 13.1 Å². The first-order chi connectivity index (χ1) is 8.43. The van der Waals surface area contributed by atoms with Crippen LogP contribution in [0.5, 0.6) is 0 Å². The third kappa shape index (κ3) is 2.00. The van der Waals surface area contributed by atoms with Gasteiger partial charge in [0.2, 0.25) is 0 Å². The van der Waals surface area contributed by atoms with E-state index in [1.165, 1.54) is 0 Å². The minimum Gasteiger partial charge on any atom is -0.452 e. The van der Waals surface area contributed by atoms with Crippen LogP contribution in [0.4, 0.5) is 0 Å². The molecule has 0 amide bonds. The van der Waals surface area contributed by atoms with Crippen molar-refractivity contribution >= 4 is 0 Å². The average molecular weight is 219 g/mol. The summed E-state index contributed by atoms with van der Waals surface area (Å²) < 4.78 is 5.48. The molecule has 3 rings (SSSR count). The number of benzene rings is 2. The summed E-state index contributed by atoms with van der Waals surface area (Å²) in [6.07, 6.45) is 2.95. The van der Waals surface area contributed by atoms with Crippen LogP contribution < -0.4 is 0 Å². The molecule has 1 aromatic heterocycles. The Hall–Kier alpha value is -2.28. The van der Waals surface area contributed by atoms with Gasteiger partial charge in [-0.3, -0.25) is 0 Å². The Kier molecular flexibility index (Phi) is 2.51. The van der Waals surface area contributed by atoms with Gasteiger partial charge in [0.1, 0.15) is 5.76 Å². The van der Waals surface area contributed by atoms with Crippen molar-refractivity contribution in [3.63, 3.8) is 0 Å². The van der Waals surface area contributed by atoms with Crippen LogP contribution in [0.2, 0.25) is 0 Å². The van der Waals surface area contributed by atoms with Crippen molar-refractivity contribution in [1.82, 2.24) is 0 Å². The molecule has 17 heavy (non-hydrogen) atoms. The molecule has 0 saturated heterocycles. The lowest BCUT2D eigenvalue weighted by Gasteiger charge is -1.94. The summed E-state index contributed by atoms with van der Waals surface area (Å²) in [5, 5.41) is 0. The first-order valence-electron chi connectivity index (χ1n) is 5.56. The summed E-state index contributed by atoms with van der Waals surface area (Å²) in [6, 6.07) is 22.2. The Morgan fingerprint density at radius 1 is 0.706 bits per heavy atom. The SMILES string of the molecule is [c]1oc(-c2ccccc2)cc1-c1ccccc1. The van der Waals surface area contributed by atoms with Crippen LogP contribution >= 0.6 is 0 Å². The van der Waals surface area contributed by atoms with E-state index < -0.39 is 0 Å². The van der Waals surface area contributed by atoms with Crippen molar-refractivity contribution in [3.8, 4) is 22.5 Å². The van der Waals surface area contributed by atoms with Crippen LogP contribution in [0.1, 0.15) is 0 Å². The maximum atomic E-state index is 5.48. The van der Waals surface area contributed by atoms with E-state index in [4.69, 9.17) is 4.42 Å². The van der Waals surface area contributed by atoms with Gasteiger partial charge in [-0.2, -0.15) is 0 Å². The van der Waals surface area contributed by atoms with Crippen LogP contribution in [-0.4, -0.2) is 0 Å². The maximum Gasteiger partial charge on any atom is 0.178 e. The fourth-order valence-electron chi connectivity index (χ4n) is 1.80. The van der Waals surface area contributed by atoms with Crippen molar-refractivity contribution < 1.29 is 4.42 Å². The third-order valence-electron chi connectivity index (χ3n) is 2.69. The fraction of sp³-hybridized carbons (Fsp3) is 0. The molecule has 1 radical (unpaired) electrons. The van der Waals surface area contributed by atoms with E-state index in [1.54, 1.807) is 0 Å². The number of furan rings is 1. The Morgan fingerprint density at radius 3 is 1.94 bits per heavy atom. The summed E-state index contributed by atoms with van der Waals surface area (Å²) in [5.41, 5.74) is 3.19. The number of hydrogen-bond acceptors (Lipinski definition) is 1. The molecule has 0 bridgehead atoms. The highest BCUT2D eigenvalue weighted by molar-refractivity contribution is 5.69. The summed E-state index contributed by atoms with van der Waals surface area (Å²) >= 11 is 0. The van der Waals surface area contributed by atoms with Crippen molar-refractivity contribution in [2.45, 2.75) is 0 Å². The zero-order valence-electron chi connectivity index (χ0n) is 9.26. The van der Waals surface area contributed by atoms with Gasteiger partial charge in [-0.1, -0.05) is 60.7 Å². The predicted octanol–water partition coefficient (Wildman–Crippen LogP) is 4.41. The van der Waals surface area contributed by atoms with E-state index in [2.05, 4.69) is 18.4 Å². The highest BCUT2D eigenvalue weighted by Gasteiger charge is 2.05. The van der Waals surface area contributed by atoms with E-state index >= 15 is 0 Å². The fourth-order valence-corrected chi connectivity index (χ4v) is 1.80. The second kappa shape index (κ2) is 4.30. The van der Waals surface area contributed by atoms with Gasteiger partial charge in [0.05, 0.1) is 0 Å². The maximum absolute atomic E-state index is 5.48. The molecule has 2 aromatic carbocycles. The molecule has 81 valence electrons. The van der Waals surface area contributed by atoms with Crippen molar-refractivity contribution in [2.75, 3.05) is 0 Å². The van der Waals surface area contributed by atoms with Crippen LogP contribution in [-0.2, 0) is 0 Å². The average Bonchev–Trinajstić information content (AvgIpc) is 2.90. The Bertz CT molecular complexity index is 540. The van der Waals surface area contributed by atoms with Crippen LogP contribution in [0, 0.1) is 6.26 Å². The second-order valence-electron chi connectivity index (χ2n) is 3.86. The monoisotopic (exact) mass is 219 g/mol. The molecule has 0 spiro atoms. The molecule has 0 saturated carbocycles. The minimum absolute atomic E-state index is 0.851. The molecular formula is C16H11O. The predicted molar refractivity (Wildman–Crippen MR) is 68.4 cm³/mol. The van der Waals surface area contributed by atoms with Gasteiger partial charge in [0.25, 0.3) is 0 Å². The lowest BCUT2D eigenvalue weighted by molar-refractivity contribution is 0.574. The molecule has 0 aliphatic rings. The zero-order valence-corrected chi connectivity index (χ0v) is 9.26. The third-order valence-corrected chi connectivity index (χ3v) is 2.69. The van der Waals surface area contributed by atoms with E-state index in [0.717, 1.165) is 22.5 Å². The summed E-state index contributed by atoms with van der Waals surface area (Å²) in [4.78, 5) is 0. The van der Waals surface area contributed by atoms with E-state index in [9.17, 15) is 0 Å². The second-order valence-corrected chi connectivity index (χ2v) is 3.86. The molecule has 0 aliphatic carbocycles. The number of hydrogen-bond donors (Lipinski definition) is 0. The Labute approximate surface area is 100 Å². The van der Waals surface area contributed by atoms with Gasteiger partial charge in [0, 0.05) is 11.1 Å². The molecule has 0 aliphatic heterocycles. The molecule has 1 nitrogen and oxygen atoms in total. The molecule has 0 atom stereocenters. The first kappa shape index (κ1) is 9.91. The Balaban J connectivity index is 1.99. The quantitative estimate of drug-likeness (QED) is 0.622. The lowest BCUT2D eigenvalue weighted by atomic mass is 10.1. The molecule has 0 unspecified atom stereocenters. The van der Waals surface area contributed by atoms with E-state index in [-0.39, 0.29) is 0 Å². The normalized spacial score (nSPS) is 10.4.